The van der Waals surface area contributed by atoms with E-state index in [-0.39, 0.29) is 0 Å². The number of hydrogen-bond acceptors (Lipinski definition) is 3. The number of allylic oxidation sites excluding steroid dienone is 1. The van der Waals surface area contributed by atoms with E-state index in [4.69, 9.17) is 11.6 Å². The second kappa shape index (κ2) is 7.71. The third kappa shape index (κ3) is 4.64. The SMILES string of the molecule is N#Cc1ccccc1N(/C=C/C(=O)C(F)(F)Cl)Cc1ccccc1. The Morgan fingerprint density at radius 3 is 2.42 bits per heavy atom. The van der Waals surface area contributed by atoms with Crippen molar-refractivity contribution in [3.63, 3.8) is 0 Å². The Labute approximate surface area is 143 Å². The summed E-state index contributed by atoms with van der Waals surface area (Å²) in [7, 11) is 0. The van der Waals surface area contributed by atoms with E-state index < -0.39 is 11.2 Å². The Kier molecular flexibility index (Phi) is 5.67. The summed E-state index contributed by atoms with van der Waals surface area (Å²) in [4.78, 5) is 12.9. The van der Waals surface area contributed by atoms with Crippen LogP contribution in [0.1, 0.15) is 11.1 Å². The van der Waals surface area contributed by atoms with Crippen molar-refractivity contribution in [1.29, 1.82) is 5.26 Å². The van der Waals surface area contributed by atoms with Crippen LogP contribution in [0.4, 0.5) is 14.5 Å². The smallest absolute Gasteiger partial charge is 0.342 e. The molecule has 0 aromatic heterocycles. The fourth-order valence-corrected chi connectivity index (χ4v) is 2.13. The van der Waals surface area contributed by atoms with Crippen molar-refractivity contribution in [3.8, 4) is 6.07 Å². The van der Waals surface area contributed by atoms with Gasteiger partial charge in [0.25, 0.3) is 0 Å². The van der Waals surface area contributed by atoms with E-state index in [1.54, 1.807) is 29.2 Å². The Morgan fingerprint density at radius 1 is 1.17 bits per heavy atom. The molecule has 0 spiro atoms. The summed E-state index contributed by atoms with van der Waals surface area (Å²) < 4.78 is 25.7. The molecule has 0 atom stereocenters. The molecule has 0 radical (unpaired) electrons. The van der Waals surface area contributed by atoms with Gasteiger partial charge in [-0.2, -0.15) is 14.0 Å². The van der Waals surface area contributed by atoms with Crippen molar-refractivity contribution in [2.75, 3.05) is 4.90 Å². The van der Waals surface area contributed by atoms with Crippen LogP contribution in [0.15, 0.2) is 66.9 Å². The van der Waals surface area contributed by atoms with E-state index in [1.165, 1.54) is 6.20 Å². The van der Waals surface area contributed by atoms with Crippen molar-refractivity contribution in [1.82, 2.24) is 0 Å². The molecule has 3 nitrogen and oxygen atoms in total. The normalized spacial score (nSPS) is 11.2. The monoisotopic (exact) mass is 346 g/mol. The number of nitrogens with zero attached hydrogens (tertiary/aromatic N) is 2. The minimum atomic E-state index is -3.95. The van der Waals surface area contributed by atoms with Crippen LogP contribution in [0.2, 0.25) is 0 Å². The third-order valence-electron chi connectivity index (χ3n) is 3.21. The number of alkyl halides is 3. The first-order valence-corrected chi connectivity index (χ1v) is 7.38. The molecule has 0 N–H and O–H groups in total. The Hall–Kier alpha value is -2.71. The number of ketones is 1. The average molecular weight is 347 g/mol. The number of rotatable bonds is 6. The first-order chi connectivity index (χ1) is 11.4. The van der Waals surface area contributed by atoms with Gasteiger partial charge < -0.3 is 4.90 Å². The maximum absolute atomic E-state index is 12.8. The van der Waals surface area contributed by atoms with Gasteiger partial charge in [0.2, 0.25) is 5.78 Å². The van der Waals surface area contributed by atoms with Gasteiger partial charge in [-0.25, -0.2) is 0 Å². The van der Waals surface area contributed by atoms with Gasteiger partial charge >= 0.3 is 5.38 Å². The van der Waals surface area contributed by atoms with Crippen molar-refractivity contribution < 1.29 is 13.6 Å². The molecular weight excluding hydrogens is 334 g/mol. The maximum atomic E-state index is 12.8. The molecule has 0 amide bonds. The molecule has 0 aliphatic rings. The van der Waals surface area contributed by atoms with Crippen LogP contribution in [0.3, 0.4) is 0 Å². The van der Waals surface area contributed by atoms with Crippen LogP contribution in [-0.4, -0.2) is 11.2 Å². The van der Waals surface area contributed by atoms with E-state index in [0.717, 1.165) is 5.56 Å². The topological polar surface area (TPSA) is 44.1 Å². The largest absolute Gasteiger partial charge is 0.384 e. The zero-order valence-corrected chi connectivity index (χ0v) is 13.3. The van der Waals surface area contributed by atoms with Gasteiger partial charge in [-0.1, -0.05) is 42.5 Å². The summed E-state index contributed by atoms with van der Waals surface area (Å²) in [5, 5.41) is 5.28. The second-order valence-corrected chi connectivity index (χ2v) is 5.39. The average Bonchev–Trinajstić information content (AvgIpc) is 2.58. The number of para-hydroxylation sites is 1. The molecule has 0 bridgehead atoms. The quantitative estimate of drug-likeness (QED) is 0.572. The molecule has 0 saturated heterocycles. The molecular formula is C18H13ClF2N2O. The van der Waals surface area contributed by atoms with Gasteiger partial charge in [0.05, 0.1) is 11.3 Å². The molecule has 0 heterocycles. The third-order valence-corrected chi connectivity index (χ3v) is 3.40. The lowest BCUT2D eigenvalue weighted by Gasteiger charge is -2.22. The number of hydrogen-bond donors (Lipinski definition) is 0. The van der Waals surface area contributed by atoms with Crippen LogP contribution in [0.5, 0.6) is 0 Å². The lowest BCUT2D eigenvalue weighted by atomic mass is 10.1. The molecule has 0 fully saturated rings. The minimum Gasteiger partial charge on any atom is -0.342 e. The van der Waals surface area contributed by atoms with Crippen molar-refractivity contribution in [2.24, 2.45) is 0 Å². The van der Waals surface area contributed by atoms with Gasteiger partial charge in [0.1, 0.15) is 6.07 Å². The zero-order chi connectivity index (χ0) is 17.6. The van der Waals surface area contributed by atoms with Gasteiger partial charge in [0, 0.05) is 18.8 Å². The van der Waals surface area contributed by atoms with Crippen molar-refractivity contribution >= 4 is 23.1 Å². The molecule has 0 saturated carbocycles. The van der Waals surface area contributed by atoms with E-state index in [2.05, 4.69) is 0 Å². The number of carbonyl (C=O) groups is 1. The standard InChI is InChI=1S/C18H13ClF2N2O/c19-18(20,21)17(24)10-11-23(13-14-6-2-1-3-7-14)16-9-5-4-8-15(16)12-22/h1-11H,13H2/b11-10+. The Balaban J connectivity index is 2.37. The van der Waals surface area contributed by atoms with Crippen LogP contribution >= 0.6 is 11.6 Å². The highest BCUT2D eigenvalue weighted by Crippen LogP contribution is 2.24. The van der Waals surface area contributed by atoms with Gasteiger partial charge in [-0.3, -0.25) is 4.79 Å². The maximum Gasteiger partial charge on any atom is 0.384 e. The molecule has 6 heteroatoms. The summed E-state index contributed by atoms with van der Waals surface area (Å²) in [5.74, 6) is -1.52. The molecule has 2 rings (SSSR count). The van der Waals surface area contributed by atoms with Crippen LogP contribution in [0.25, 0.3) is 0 Å². The van der Waals surface area contributed by atoms with Gasteiger partial charge in [0.15, 0.2) is 0 Å². The van der Waals surface area contributed by atoms with E-state index in [0.29, 0.717) is 23.9 Å². The van der Waals surface area contributed by atoms with E-state index >= 15 is 0 Å². The molecule has 0 unspecified atom stereocenters. The highest BCUT2D eigenvalue weighted by atomic mass is 35.5. The molecule has 2 aromatic carbocycles. The Bertz CT molecular complexity index is 780. The van der Waals surface area contributed by atoms with Crippen LogP contribution in [-0.2, 0) is 11.3 Å². The summed E-state index contributed by atoms with van der Waals surface area (Å²) in [6.45, 7) is 0.303. The molecule has 122 valence electrons. The highest BCUT2D eigenvalue weighted by molar-refractivity contribution is 6.34. The number of carbonyl (C=O) groups excluding carboxylic acids is 1. The first kappa shape index (κ1) is 17.6. The number of halogens is 3. The van der Waals surface area contributed by atoms with Crippen LogP contribution in [0, 0.1) is 11.3 Å². The predicted octanol–water partition coefficient (Wildman–Crippen LogP) is 4.48. The van der Waals surface area contributed by atoms with Crippen molar-refractivity contribution in [3.05, 3.63) is 78.0 Å². The minimum absolute atomic E-state index is 0.303. The summed E-state index contributed by atoms with van der Waals surface area (Å²) in [6, 6.07) is 18.0. The van der Waals surface area contributed by atoms with Crippen LogP contribution < -0.4 is 4.90 Å². The number of nitriles is 1. The fraction of sp³-hybridized carbons (Fsp3) is 0.111. The summed E-state index contributed by atoms with van der Waals surface area (Å²) >= 11 is 4.73. The summed E-state index contributed by atoms with van der Waals surface area (Å²) in [5.41, 5.74) is 1.76. The van der Waals surface area contributed by atoms with Gasteiger partial charge in [-0.15, -0.1) is 0 Å². The Morgan fingerprint density at radius 2 is 1.79 bits per heavy atom. The van der Waals surface area contributed by atoms with Crippen molar-refractivity contribution in [2.45, 2.75) is 11.9 Å². The number of anilines is 1. The predicted molar refractivity (Wildman–Crippen MR) is 88.7 cm³/mol. The molecule has 2 aromatic rings. The molecule has 24 heavy (non-hydrogen) atoms. The first-order valence-electron chi connectivity index (χ1n) is 7.01. The number of benzene rings is 2. The zero-order valence-electron chi connectivity index (χ0n) is 12.5. The van der Waals surface area contributed by atoms with Gasteiger partial charge in [-0.05, 0) is 29.3 Å². The molecule has 0 aliphatic carbocycles. The van der Waals surface area contributed by atoms with E-state index in [9.17, 15) is 18.8 Å². The highest BCUT2D eigenvalue weighted by Gasteiger charge is 2.33. The lowest BCUT2D eigenvalue weighted by molar-refractivity contribution is -0.128. The fourth-order valence-electron chi connectivity index (χ4n) is 2.07. The molecule has 0 aliphatic heterocycles. The lowest BCUT2D eigenvalue weighted by Crippen LogP contribution is -2.21. The van der Waals surface area contributed by atoms with E-state index in [1.807, 2.05) is 36.4 Å². The summed E-state index contributed by atoms with van der Waals surface area (Å²) in [6.07, 6.45) is 1.92. The second-order valence-electron chi connectivity index (χ2n) is 4.92.